The van der Waals surface area contributed by atoms with Crippen LogP contribution < -0.4 is 0 Å². The van der Waals surface area contributed by atoms with E-state index in [0.717, 1.165) is 6.42 Å². The van der Waals surface area contributed by atoms with Crippen LogP contribution in [0.2, 0.25) is 0 Å². The highest BCUT2D eigenvalue weighted by Gasteiger charge is 2.37. The first-order valence-electron chi connectivity index (χ1n) is 4.08. The lowest BCUT2D eigenvalue weighted by molar-refractivity contribution is 0.0786. The molecule has 0 amide bonds. The molecule has 3 heteroatoms. The van der Waals surface area contributed by atoms with Crippen molar-refractivity contribution in [1.82, 2.24) is 0 Å². The summed E-state index contributed by atoms with van der Waals surface area (Å²) in [6, 6.07) is 0. The summed E-state index contributed by atoms with van der Waals surface area (Å²) in [5.74, 6) is 2.78. The van der Waals surface area contributed by atoms with Gasteiger partial charge in [0.2, 0.25) is 7.37 Å². The topological polar surface area (TPSA) is 26.3 Å². The summed E-state index contributed by atoms with van der Waals surface area (Å²) in [5.41, 5.74) is -0.320. The molecule has 2 unspecified atom stereocenters. The summed E-state index contributed by atoms with van der Waals surface area (Å²) in [6.07, 6.45) is 6.66. The normalized spacial score (nSPS) is 40.3. The first-order chi connectivity index (χ1) is 5.35. The standard InChI is InChI=1S/C9H15O2P/c1-5-8-6-9(2,3)11-12(4,10)7-8/h1,8H,6-7H2,2-4H3. The quantitative estimate of drug-likeness (QED) is 0.428. The molecule has 1 saturated heterocycles. The average molecular weight is 186 g/mol. The van der Waals surface area contributed by atoms with Gasteiger partial charge in [-0.05, 0) is 20.3 Å². The van der Waals surface area contributed by atoms with Crippen LogP contribution in [-0.4, -0.2) is 18.4 Å². The fraction of sp³-hybridized carbons (Fsp3) is 0.778. The zero-order valence-electron chi connectivity index (χ0n) is 7.83. The van der Waals surface area contributed by atoms with Crippen molar-refractivity contribution in [1.29, 1.82) is 0 Å². The molecule has 2 nitrogen and oxygen atoms in total. The molecule has 0 saturated carbocycles. The van der Waals surface area contributed by atoms with Gasteiger partial charge >= 0.3 is 0 Å². The van der Waals surface area contributed by atoms with Crippen LogP contribution in [0.4, 0.5) is 0 Å². The Morgan fingerprint density at radius 1 is 1.67 bits per heavy atom. The van der Waals surface area contributed by atoms with Crippen LogP contribution in [0.5, 0.6) is 0 Å². The van der Waals surface area contributed by atoms with Gasteiger partial charge in [0.25, 0.3) is 0 Å². The highest BCUT2D eigenvalue weighted by Crippen LogP contribution is 2.53. The third kappa shape index (κ3) is 2.37. The van der Waals surface area contributed by atoms with E-state index in [4.69, 9.17) is 10.9 Å². The van der Waals surface area contributed by atoms with Crippen molar-refractivity contribution in [2.75, 3.05) is 12.8 Å². The molecule has 12 heavy (non-hydrogen) atoms. The van der Waals surface area contributed by atoms with Crippen molar-refractivity contribution in [3.8, 4) is 12.3 Å². The fourth-order valence-corrected chi connectivity index (χ4v) is 4.00. The van der Waals surface area contributed by atoms with Crippen molar-refractivity contribution in [3.05, 3.63) is 0 Å². The zero-order valence-corrected chi connectivity index (χ0v) is 8.73. The second kappa shape index (κ2) is 2.91. The molecule has 0 aliphatic carbocycles. The molecular formula is C9H15O2P. The summed E-state index contributed by atoms with van der Waals surface area (Å²) >= 11 is 0. The lowest BCUT2D eigenvalue weighted by atomic mass is 9.95. The molecule has 0 aromatic heterocycles. The molecule has 0 radical (unpaired) electrons. The minimum Gasteiger partial charge on any atom is -0.322 e. The summed E-state index contributed by atoms with van der Waals surface area (Å²) < 4.78 is 17.2. The molecule has 1 fully saturated rings. The molecule has 0 N–H and O–H groups in total. The second-order valence-electron chi connectivity index (χ2n) is 4.12. The van der Waals surface area contributed by atoms with Crippen LogP contribution >= 0.6 is 7.37 Å². The Bertz CT molecular complexity index is 262. The van der Waals surface area contributed by atoms with Crippen LogP contribution in [0.25, 0.3) is 0 Å². The first-order valence-corrected chi connectivity index (χ1v) is 6.34. The number of hydrogen-bond donors (Lipinski definition) is 0. The average Bonchev–Trinajstić information content (AvgIpc) is 1.80. The lowest BCUT2D eigenvalue weighted by Crippen LogP contribution is -2.32. The van der Waals surface area contributed by atoms with Gasteiger partial charge in [-0.15, -0.1) is 12.3 Å². The zero-order chi connectivity index (χ0) is 9.41. The van der Waals surface area contributed by atoms with Crippen LogP contribution in [0.1, 0.15) is 20.3 Å². The van der Waals surface area contributed by atoms with Crippen LogP contribution in [0.15, 0.2) is 0 Å². The van der Waals surface area contributed by atoms with E-state index in [1.54, 1.807) is 6.66 Å². The fourth-order valence-electron chi connectivity index (χ4n) is 1.77. The van der Waals surface area contributed by atoms with Gasteiger partial charge in [-0.2, -0.15) is 0 Å². The second-order valence-corrected chi connectivity index (χ2v) is 6.69. The molecule has 0 aromatic rings. The molecule has 0 bridgehead atoms. The maximum Gasteiger partial charge on any atom is 0.201 e. The number of hydrogen-bond acceptors (Lipinski definition) is 2. The summed E-state index contributed by atoms with van der Waals surface area (Å²) in [5, 5.41) is 0. The number of rotatable bonds is 0. The van der Waals surface area contributed by atoms with E-state index in [1.165, 1.54) is 0 Å². The van der Waals surface area contributed by atoms with E-state index in [2.05, 4.69) is 5.92 Å². The van der Waals surface area contributed by atoms with Crippen molar-refractivity contribution in [2.24, 2.45) is 5.92 Å². The maximum atomic E-state index is 11.7. The summed E-state index contributed by atoms with van der Waals surface area (Å²) in [6.45, 7) is 5.54. The van der Waals surface area contributed by atoms with E-state index < -0.39 is 7.37 Å². The van der Waals surface area contributed by atoms with Gasteiger partial charge in [0.15, 0.2) is 0 Å². The van der Waals surface area contributed by atoms with Crippen molar-refractivity contribution >= 4 is 7.37 Å². The minimum absolute atomic E-state index is 0.115. The van der Waals surface area contributed by atoms with E-state index in [1.807, 2.05) is 13.8 Å². The summed E-state index contributed by atoms with van der Waals surface area (Å²) in [7, 11) is -2.42. The Kier molecular flexibility index (Phi) is 2.38. The Labute approximate surface area is 74.1 Å². The van der Waals surface area contributed by atoms with E-state index in [-0.39, 0.29) is 11.5 Å². The monoisotopic (exact) mass is 186 g/mol. The molecule has 2 atom stereocenters. The summed E-state index contributed by atoms with van der Waals surface area (Å²) in [4.78, 5) is 0. The van der Waals surface area contributed by atoms with Crippen LogP contribution in [0, 0.1) is 18.3 Å². The Morgan fingerprint density at radius 3 is 2.67 bits per heavy atom. The van der Waals surface area contributed by atoms with E-state index >= 15 is 0 Å². The SMILES string of the molecule is C#CC1CC(C)(C)OP(C)(=O)C1. The van der Waals surface area contributed by atoms with Gasteiger partial charge in [-0.1, -0.05) is 0 Å². The van der Waals surface area contributed by atoms with Gasteiger partial charge in [-0.25, -0.2) is 0 Å². The predicted molar refractivity (Wildman–Crippen MR) is 50.5 cm³/mol. The van der Waals surface area contributed by atoms with Crippen molar-refractivity contribution in [3.63, 3.8) is 0 Å². The highest BCUT2D eigenvalue weighted by molar-refractivity contribution is 7.58. The van der Waals surface area contributed by atoms with Crippen molar-refractivity contribution < 1.29 is 9.09 Å². The third-order valence-corrected chi connectivity index (χ3v) is 3.95. The third-order valence-electron chi connectivity index (χ3n) is 1.97. The van der Waals surface area contributed by atoms with E-state index in [9.17, 15) is 4.57 Å². The molecule has 0 spiro atoms. The number of terminal acetylenes is 1. The Morgan fingerprint density at radius 2 is 2.25 bits per heavy atom. The van der Waals surface area contributed by atoms with Gasteiger partial charge in [-0.3, -0.25) is 4.57 Å². The van der Waals surface area contributed by atoms with Crippen LogP contribution in [0.3, 0.4) is 0 Å². The van der Waals surface area contributed by atoms with Gasteiger partial charge in [0, 0.05) is 18.7 Å². The molecule has 1 aliphatic heterocycles. The van der Waals surface area contributed by atoms with Gasteiger partial charge in [0.1, 0.15) is 0 Å². The Hall–Kier alpha value is -0.250. The molecule has 0 aromatic carbocycles. The molecule has 1 rings (SSSR count). The van der Waals surface area contributed by atoms with Crippen molar-refractivity contribution in [2.45, 2.75) is 25.9 Å². The highest BCUT2D eigenvalue weighted by atomic mass is 31.2. The lowest BCUT2D eigenvalue weighted by Gasteiger charge is -2.37. The molecule has 68 valence electrons. The molecular weight excluding hydrogens is 171 g/mol. The minimum atomic E-state index is -2.42. The molecule has 1 heterocycles. The predicted octanol–water partition coefficient (Wildman–Crippen LogP) is 2.34. The largest absolute Gasteiger partial charge is 0.322 e. The van der Waals surface area contributed by atoms with Crippen LogP contribution in [-0.2, 0) is 9.09 Å². The van der Waals surface area contributed by atoms with E-state index in [0.29, 0.717) is 6.16 Å². The smallest absolute Gasteiger partial charge is 0.201 e. The van der Waals surface area contributed by atoms with Gasteiger partial charge < -0.3 is 4.52 Å². The Balaban J connectivity index is 2.82. The molecule has 1 aliphatic rings. The van der Waals surface area contributed by atoms with Gasteiger partial charge in [0.05, 0.1) is 5.60 Å². The first kappa shape index (κ1) is 9.84. The maximum absolute atomic E-state index is 11.7.